The van der Waals surface area contributed by atoms with Crippen molar-refractivity contribution in [1.29, 1.82) is 0 Å². The molecule has 0 bridgehead atoms. The van der Waals surface area contributed by atoms with E-state index < -0.39 is 0 Å². The van der Waals surface area contributed by atoms with Crippen LogP contribution in [0.2, 0.25) is 0 Å². The number of nitrogens with one attached hydrogen (secondary N) is 1. The Bertz CT molecular complexity index is 834. The topological polar surface area (TPSA) is 42.1 Å². The van der Waals surface area contributed by atoms with Gasteiger partial charge >= 0.3 is 0 Å². The molecule has 0 aliphatic carbocycles. The van der Waals surface area contributed by atoms with Gasteiger partial charge in [0.25, 0.3) is 0 Å². The summed E-state index contributed by atoms with van der Waals surface area (Å²) in [5.41, 5.74) is 3.88. The smallest absolute Gasteiger partial charge is 0.248 e. The summed E-state index contributed by atoms with van der Waals surface area (Å²) < 4.78 is 5.40. The van der Waals surface area contributed by atoms with Crippen LogP contribution in [0.4, 0.5) is 0 Å². The van der Waals surface area contributed by atoms with Gasteiger partial charge in [0, 0.05) is 22.5 Å². The van der Waals surface area contributed by atoms with Gasteiger partial charge in [0.2, 0.25) is 5.56 Å². The van der Waals surface area contributed by atoms with Gasteiger partial charge in [-0.05, 0) is 36.2 Å². The molecule has 100 valence electrons. The van der Waals surface area contributed by atoms with Gasteiger partial charge in [-0.2, -0.15) is 0 Å². The van der Waals surface area contributed by atoms with E-state index in [0.29, 0.717) is 0 Å². The van der Waals surface area contributed by atoms with Gasteiger partial charge in [-0.3, -0.25) is 4.79 Å². The second-order valence-corrected chi connectivity index (χ2v) is 4.78. The Morgan fingerprint density at radius 3 is 2.65 bits per heavy atom. The lowest BCUT2D eigenvalue weighted by molar-refractivity contribution is 0.416. The van der Waals surface area contributed by atoms with Crippen molar-refractivity contribution in [3.05, 3.63) is 64.4 Å². The number of H-pyrrole nitrogens is 1. The van der Waals surface area contributed by atoms with E-state index in [1.165, 1.54) is 0 Å². The Balaban J connectivity index is 2.25. The summed E-state index contributed by atoms with van der Waals surface area (Å²) in [5.74, 6) is 0.842. The van der Waals surface area contributed by atoms with E-state index in [4.69, 9.17) is 4.74 Å². The van der Waals surface area contributed by atoms with Crippen molar-refractivity contribution < 1.29 is 4.74 Å². The fourth-order valence-corrected chi connectivity index (χ4v) is 2.47. The molecule has 0 saturated carbocycles. The SMILES string of the molecule is COc1ccccc1-c1ccc2[nH]c(=O)cc(C)c2c1. The molecule has 3 nitrogen and oxygen atoms in total. The summed E-state index contributed by atoms with van der Waals surface area (Å²) in [7, 11) is 1.67. The molecule has 0 atom stereocenters. The molecular weight excluding hydrogens is 250 g/mol. The zero-order valence-corrected chi connectivity index (χ0v) is 11.4. The third-order valence-corrected chi connectivity index (χ3v) is 3.47. The van der Waals surface area contributed by atoms with Crippen LogP contribution in [0, 0.1) is 6.92 Å². The van der Waals surface area contributed by atoms with Gasteiger partial charge < -0.3 is 9.72 Å². The maximum Gasteiger partial charge on any atom is 0.248 e. The van der Waals surface area contributed by atoms with Crippen molar-refractivity contribution in [2.75, 3.05) is 7.11 Å². The number of pyridine rings is 1. The van der Waals surface area contributed by atoms with E-state index in [-0.39, 0.29) is 5.56 Å². The molecule has 3 rings (SSSR count). The molecule has 0 spiro atoms. The minimum atomic E-state index is -0.0694. The predicted octanol–water partition coefficient (Wildman–Crippen LogP) is 3.51. The molecule has 0 unspecified atom stereocenters. The number of para-hydroxylation sites is 1. The maximum atomic E-state index is 11.5. The van der Waals surface area contributed by atoms with Crippen molar-refractivity contribution in [1.82, 2.24) is 4.98 Å². The highest BCUT2D eigenvalue weighted by Gasteiger charge is 2.07. The van der Waals surface area contributed by atoms with E-state index in [0.717, 1.165) is 33.3 Å². The van der Waals surface area contributed by atoms with Crippen LogP contribution in [-0.4, -0.2) is 12.1 Å². The first kappa shape index (κ1) is 12.5. The maximum absolute atomic E-state index is 11.5. The number of benzene rings is 2. The summed E-state index contributed by atoms with van der Waals surface area (Å²) >= 11 is 0. The normalized spacial score (nSPS) is 10.7. The Kier molecular flexibility index (Phi) is 3.03. The molecule has 3 aromatic rings. The number of fused-ring (bicyclic) bond motifs is 1. The highest BCUT2D eigenvalue weighted by molar-refractivity contribution is 5.87. The van der Waals surface area contributed by atoms with E-state index in [1.54, 1.807) is 13.2 Å². The van der Waals surface area contributed by atoms with Crippen LogP contribution >= 0.6 is 0 Å². The molecule has 0 amide bonds. The van der Waals surface area contributed by atoms with Gasteiger partial charge in [0.1, 0.15) is 5.75 Å². The summed E-state index contributed by atoms with van der Waals surface area (Å²) in [4.78, 5) is 14.3. The Hall–Kier alpha value is -2.55. The minimum Gasteiger partial charge on any atom is -0.496 e. The quantitative estimate of drug-likeness (QED) is 0.770. The number of hydrogen-bond acceptors (Lipinski definition) is 2. The molecule has 0 radical (unpaired) electrons. The summed E-state index contributed by atoms with van der Waals surface area (Å²) in [6.07, 6.45) is 0. The third-order valence-electron chi connectivity index (χ3n) is 3.47. The predicted molar refractivity (Wildman–Crippen MR) is 81.3 cm³/mol. The number of aryl methyl sites for hydroxylation is 1. The highest BCUT2D eigenvalue weighted by atomic mass is 16.5. The Morgan fingerprint density at radius 1 is 1.05 bits per heavy atom. The molecule has 1 aromatic heterocycles. The first-order valence-corrected chi connectivity index (χ1v) is 6.46. The van der Waals surface area contributed by atoms with Gasteiger partial charge in [-0.25, -0.2) is 0 Å². The molecule has 20 heavy (non-hydrogen) atoms. The van der Waals surface area contributed by atoms with E-state index >= 15 is 0 Å². The first-order chi connectivity index (χ1) is 9.69. The molecule has 0 aliphatic rings. The number of aromatic amines is 1. The van der Waals surface area contributed by atoms with E-state index in [1.807, 2.05) is 43.3 Å². The molecule has 2 aromatic carbocycles. The van der Waals surface area contributed by atoms with Crippen LogP contribution in [0.1, 0.15) is 5.56 Å². The number of rotatable bonds is 2. The van der Waals surface area contributed by atoms with Crippen LogP contribution in [0.5, 0.6) is 5.75 Å². The van der Waals surface area contributed by atoms with Crippen LogP contribution in [-0.2, 0) is 0 Å². The molecular formula is C17H15NO2. The Labute approximate surface area is 116 Å². The fourth-order valence-electron chi connectivity index (χ4n) is 2.47. The molecule has 1 N–H and O–H groups in total. The molecule has 1 heterocycles. The van der Waals surface area contributed by atoms with Gasteiger partial charge in [-0.1, -0.05) is 24.3 Å². The van der Waals surface area contributed by atoms with Crippen molar-refractivity contribution in [3.8, 4) is 16.9 Å². The van der Waals surface area contributed by atoms with E-state index in [9.17, 15) is 4.79 Å². The van der Waals surface area contributed by atoms with Gasteiger partial charge in [0.05, 0.1) is 7.11 Å². The molecule has 0 fully saturated rings. The zero-order chi connectivity index (χ0) is 14.1. The third kappa shape index (κ3) is 2.07. The minimum absolute atomic E-state index is 0.0694. The van der Waals surface area contributed by atoms with Crippen LogP contribution in [0.25, 0.3) is 22.0 Å². The van der Waals surface area contributed by atoms with Crippen molar-refractivity contribution in [2.45, 2.75) is 6.92 Å². The average molecular weight is 265 g/mol. The first-order valence-electron chi connectivity index (χ1n) is 6.46. The lowest BCUT2D eigenvalue weighted by Gasteiger charge is -2.10. The number of aromatic nitrogens is 1. The van der Waals surface area contributed by atoms with Crippen LogP contribution in [0.3, 0.4) is 0 Å². The lowest BCUT2D eigenvalue weighted by Crippen LogP contribution is -2.04. The van der Waals surface area contributed by atoms with Crippen molar-refractivity contribution in [2.24, 2.45) is 0 Å². The zero-order valence-electron chi connectivity index (χ0n) is 11.4. The number of ether oxygens (including phenoxy) is 1. The second kappa shape index (κ2) is 4.85. The lowest BCUT2D eigenvalue weighted by atomic mass is 10.0. The fraction of sp³-hybridized carbons (Fsp3) is 0.118. The molecule has 3 heteroatoms. The average Bonchev–Trinajstić information content (AvgIpc) is 2.47. The number of hydrogen-bond donors (Lipinski definition) is 1. The molecule has 0 aliphatic heterocycles. The van der Waals surface area contributed by atoms with Crippen LogP contribution < -0.4 is 10.3 Å². The standard InChI is InChI=1S/C17H15NO2/c1-11-9-17(19)18-15-8-7-12(10-14(11)15)13-5-3-4-6-16(13)20-2/h3-10H,1-2H3,(H,18,19). The largest absolute Gasteiger partial charge is 0.496 e. The second-order valence-electron chi connectivity index (χ2n) is 4.78. The molecule has 0 saturated heterocycles. The van der Waals surface area contributed by atoms with Gasteiger partial charge in [-0.15, -0.1) is 0 Å². The van der Waals surface area contributed by atoms with E-state index in [2.05, 4.69) is 11.1 Å². The van der Waals surface area contributed by atoms with Crippen molar-refractivity contribution in [3.63, 3.8) is 0 Å². The highest BCUT2D eigenvalue weighted by Crippen LogP contribution is 2.31. The monoisotopic (exact) mass is 265 g/mol. The van der Waals surface area contributed by atoms with Crippen LogP contribution in [0.15, 0.2) is 53.3 Å². The van der Waals surface area contributed by atoms with Gasteiger partial charge in [0.15, 0.2) is 0 Å². The van der Waals surface area contributed by atoms with Crippen molar-refractivity contribution >= 4 is 10.9 Å². The number of methoxy groups -OCH3 is 1. The summed E-state index contributed by atoms with van der Waals surface area (Å²) in [6.45, 7) is 1.95. The Morgan fingerprint density at radius 2 is 1.85 bits per heavy atom. The summed E-state index contributed by atoms with van der Waals surface area (Å²) in [6, 6.07) is 15.5. The summed E-state index contributed by atoms with van der Waals surface area (Å²) in [5, 5.41) is 1.05.